The van der Waals surface area contributed by atoms with Crippen molar-refractivity contribution in [1.29, 1.82) is 0 Å². The van der Waals surface area contributed by atoms with Gasteiger partial charge in [0.05, 0.1) is 12.1 Å². The fraction of sp³-hybridized carbons (Fsp3) is 0.250. The molecule has 0 amide bonds. The molecule has 0 bridgehead atoms. The van der Waals surface area contributed by atoms with Crippen LogP contribution < -0.4 is 0 Å². The van der Waals surface area contributed by atoms with E-state index in [1.807, 2.05) is 6.07 Å². The molecular weight excluding hydrogens is 430 g/mol. The minimum absolute atomic E-state index is 0.0289. The quantitative estimate of drug-likeness (QED) is 0.328. The van der Waals surface area contributed by atoms with Gasteiger partial charge in [-0.2, -0.15) is 0 Å². The van der Waals surface area contributed by atoms with Crippen LogP contribution in [0.3, 0.4) is 0 Å². The molecule has 0 aromatic heterocycles. The van der Waals surface area contributed by atoms with E-state index in [2.05, 4.69) is 115 Å². The largest absolute Gasteiger partial charge is 0.396 e. The third-order valence-electron chi connectivity index (χ3n) is 7.63. The second-order valence-electron chi connectivity index (χ2n) is 9.38. The number of aliphatic hydroxyl groups excluding tert-OH is 2. The van der Waals surface area contributed by atoms with Crippen LogP contribution in [0.25, 0.3) is 11.1 Å². The summed E-state index contributed by atoms with van der Waals surface area (Å²) in [6.07, 6.45) is 0.779. The maximum Gasteiger partial charge on any atom is 0.0991 e. The zero-order valence-electron chi connectivity index (χ0n) is 20.2. The van der Waals surface area contributed by atoms with Gasteiger partial charge in [0.15, 0.2) is 0 Å². The lowest BCUT2D eigenvalue weighted by Gasteiger charge is -2.49. The van der Waals surface area contributed by atoms with Crippen molar-refractivity contribution in [2.45, 2.75) is 31.5 Å². The first-order valence-corrected chi connectivity index (χ1v) is 12.5. The maximum absolute atomic E-state index is 10.9. The Labute approximate surface area is 208 Å². The van der Waals surface area contributed by atoms with Crippen LogP contribution in [0.2, 0.25) is 0 Å². The van der Waals surface area contributed by atoms with Gasteiger partial charge in [-0.05, 0) is 45.7 Å². The molecule has 5 rings (SSSR count). The summed E-state index contributed by atoms with van der Waals surface area (Å²) in [5.41, 5.74) is 6.61. The minimum atomic E-state index is -0.611. The molecule has 0 saturated heterocycles. The Balaban J connectivity index is 1.86. The van der Waals surface area contributed by atoms with Crippen LogP contribution in [0, 0.1) is 5.92 Å². The van der Waals surface area contributed by atoms with Gasteiger partial charge in [0.1, 0.15) is 0 Å². The smallest absolute Gasteiger partial charge is 0.0991 e. The Hall–Kier alpha value is -3.24. The summed E-state index contributed by atoms with van der Waals surface area (Å²) < 4.78 is 0. The minimum Gasteiger partial charge on any atom is -0.396 e. The van der Waals surface area contributed by atoms with E-state index in [0.29, 0.717) is 6.54 Å². The molecule has 4 aromatic carbocycles. The molecule has 0 fully saturated rings. The van der Waals surface area contributed by atoms with E-state index in [-0.39, 0.29) is 25.2 Å². The van der Waals surface area contributed by atoms with Crippen molar-refractivity contribution in [2.24, 2.45) is 5.92 Å². The van der Waals surface area contributed by atoms with Gasteiger partial charge in [-0.1, -0.05) is 116 Å². The van der Waals surface area contributed by atoms with Crippen molar-refractivity contribution in [2.75, 3.05) is 13.2 Å². The Morgan fingerprint density at radius 2 is 1.17 bits per heavy atom. The van der Waals surface area contributed by atoms with Gasteiger partial charge in [-0.15, -0.1) is 0 Å². The highest BCUT2D eigenvalue weighted by Gasteiger charge is 2.51. The van der Waals surface area contributed by atoms with Gasteiger partial charge < -0.3 is 10.2 Å². The van der Waals surface area contributed by atoms with E-state index in [4.69, 9.17) is 0 Å². The van der Waals surface area contributed by atoms with Crippen molar-refractivity contribution < 1.29 is 10.2 Å². The molecule has 4 aromatic rings. The molecule has 0 radical (unpaired) electrons. The highest BCUT2D eigenvalue weighted by atomic mass is 16.3. The lowest BCUT2D eigenvalue weighted by molar-refractivity contribution is 0.000905. The van der Waals surface area contributed by atoms with Crippen molar-refractivity contribution >= 4 is 0 Å². The van der Waals surface area contributed by atoms with Gasteiger partial charge >= 0.3 is 0 Å². The van der Waals surface area contributed by atoms with Gasteiger partial charge in [0.2, 0.25) is 0 Å². The third kappa shape index (κ3) is 3.90. The van der Waals surface area contributed by atoms with Crippen LogP contribution in [-0.4, -0.2) is 34.4 Å². The number of rotatable bonds is 9. The number of fused-ring (bicyclic) bond motifs is 3. The zero-order chi connectivity index (χ0) is 24.3. The molecule has 1 aliphatic carbocycles. The van der Waals surface area contributed by atoms with E-state index in [0.717, 1.165) is 6.42 Å². The van der Waals surface area contributed by atoms with E-state index >= 15 is 0 Å². The number of hydrogen-bond donors (Lipinski definition) is 2. The molecule has 0 aliphatic heterocycles. The number of benzene rings is 4. The van der Waals surface area contributed by atoms with Crippen LogP contribution in [0.5, 0.6) is 0 Å². The summed E-state index contributed by atoms with van der Waals surface area (Å²) in [5, 5.41) is 21.3. The molecule has 2 atom stereocenters. The molecule has 0 spiro atoms. The summed E-state index contributed by atoms with van der Waals surface area (Å²) in [7, 11) is 0. The lowest BCUT2D eigenvalue weighted by atomic mass is 9.76. The van der Waals surface area contributed by atoms with Crippen LogP contribution >= 0.6 is 0 Å². The first-order chi connectivity index (χ1) is 17.2. The molecule has 0 saturated carbocycles. The third-order valence-corrected chi connectivity index (χ3v) is 7.63. The molecule has 35 heavy (non-hydrogen) atoms. The zero-order valence-corrected chi connectivity index (χ0v) is 20.2. The van der Waals surface area contributed by atoms with Gasteiger partial charge in [-0.3, -0.25) is 4.90 Å². The Morgan fingerprint density at radius 3 is 1.69 bits per heavy atom. The highest BCUT2D eigenvalue weighted by Crippen LogP contribution is 2.55. The standard InChI is InChI=1S/C32H33NO2/c1-2-25(22-34)31(23-35)33(21-24-13-5-3-6-14-24)32(26-15-7-4-8-16-26)29-19-11-9-17-27(29)28-18-10-12-20-30(28)32/h3-20,25,31,34-35H,2,21-23H2,1H3/t25-,31+/m0/s1. The monoisotopic (exact) mass is 463 g/mol. The molecule has 178 valence electrons. The number of hydrogen-bond acceptors (Lipinski definition) is 3. The number of nitrogens with zero attached hydrogens (tertiary/aromatic N) is 1. The van der Waals surface area contributed by atoms with Crippen molar-refractivity contribution in [3.8, 4) is 11.1 Å². The average molecular weight is 464 g/mol. The van der Waals surface area contributed by atoms with Gasteiger partial charge in [0.25, 0.3) is 0 Å². The van der Waals surface area contributed by atoms with E-state index < -0.39 is 5.54 Å². The second kappa shape index (κ2) is 10.2. The van der Waals surface area contributed by atoms with Crippen LogP contribution in [0.4, 0.5) is 0 Å². The van der Waals surface area contributed by atoms with Gasteiger partial charge in [-0.25, -0.2) is 0 Å². The predicted molar refractivity (Wildman–Crippen MR) is 142 cm³/mol. The molecule has 3 heteroatoms. The molecule has 2 N–H and O–H groups in total. The van der Waals surface area contributed by atoms with Crippen molar-refractivity contribution in [3.05, 3.63) is 131 Å². The SMILES string of the molecule is CC[C@@H](CO)[C@@H](CO)N(Cc1ccccc1)C1(c2ccccc2)c2ccccc2-c2ccccc21. The summed E-state index contributed by atoms with van der Waals surface area (Å²) in [4.78, 5) is 2.45. The fourth-order valence-corrected chi connectivity index (χ4v) is 5.97. The molecule has 0 heterocycles. The van der Waals surface area contributed by atoms with E-state index in [9.17, 15) is 10.2 Å². The summed E-state index contributed by atoms with van der Waals surface area (Å²) in [6, 6.07) is 38.2. The van der Waals surface area contributed by atoms with E-state index in [1.54, 1.807) is 0 Å². The van der Waals surface area contributed by atoms with Crippen molar-refractivity contribution in [3.63, 3.8) is 0 Å². The Kier molecular flexibility index (Phi) is 6.83. The Morgan fingerprint density at radius 1 is 0.657 bits per heavy atom. The molecule has 3 nitrogen and oxygen atoms in total. The predicted octanol–water partition coefficient (Wildman–Crippen LogP) is 5.84. The topological polar surface area (TPSA) is 43.7 Å². The average Bonchev–Trinajstić information content (AvgIpc) is 3.23. The molecular formula is C32H33NO2. The normalized spacial score (nSPS) is 15.4. The van der Waals surface area contributed by atoms with Crippen LogP contribution in [0.1, 0.15) is 35.6 Å². The van der Waals surface area contributed by atoms with E-state index in [1.165, 1.54) is 33.4 Å². The number of aliphatic hydroxyl groups is 2. The highest BCUT2D eigenvalue weighted by molar-refractivity contribution is 5.83. The summed E-state index contributed by atoms with van der Waals surface area (Å²) in [6.45, 7) is 2.72. The summed E-state index contributed by atoms with van der Waals surface area (Å²) >= 11 is 0. The van der Waals surface area contributed by atoms with Crippen LogP contribution in [0.15, 0.2) is 109 Å². The summed E-state index contributed by atoms with van der Waals surface area (Å²) in [5.74, 6) is -0.0655. The Bertz CT molecular complexity index is 1210. The lowest BCUT2D eigenvalue weighted by Crippen LogP contribution is -2.55. The van der Waals surface area contributed by atoms with Gasteiger partial charge in [0, 0.05) is 19.2 Å². The molecule has 0 unspecified atom stereocenters. The first kappa shape index (κ1) is 23.5. The fourth-order valence-electron chi connectivity index (χ4n) is 5.97. The molecule has 1 aliphatic rings. The second-order valence-corrected chi connectivity index (χ2v) is 9.38. The maximum atomic E-state index is 10.9. The van der Waals surface area contributed by atoms with Crippen LogP contribution in [-0.2, 0) is 12.1 Å². The first-order valence-electron chi connectivity index (χ1n) is 12.5. The van der Waals surface area contributed by atoms with Crippen molar-refractivity contribution in [1.82, 2.24) is 4.90 Å².